The average Bonchev–Trinajstić information content (AvgIpc) is 3.01. The van der Waals surface area contributed by atoms with Crippen molar-refractivity contribution in [3.05, 3.63) is 36.3 Å². The Balaban J connectivity index is 1.88. The van der Waals surface area contributed by atoms with E-state index in [-0.39, 0.29) is 12.8 Å². The van der Waals surface area contributed by atoms with E-state index >= 15 is 0 Å². The molecule has 2 unspecified atom stereocenters. The van der Waals surface area contributed by atoms with Gasteiger partial charge in [0.15, 0.2) is 11.5 Å². The lowest BCUT2D eigenvalue weighted by Crippen LogP contribution is -2.37. The van der Waals surface area contributed by atoms with E-state index in [1.165, 1.54) is 11.8 Å². The van der Waals surface area contributed by atoms with Crippen molar-refractivity contribution in [3.8, 4) is 11.5 Å². The zero-order valence-corrected chi connectivity index (χ0v) is 14.5. The number of esters is 1. The van der Waals surface area contributed by atoms with Gasteiger partial charge in [0.05, 0.1) is 0 Å². The van der Waals surface area contributed by atoms with Crippen LogP contribution in [0.3, 0.4) is 0 Å². The molecular weight excluding hydrogens is 328 g/mol. The van der Waals surface area contributed by atoms with E-state index in [1.54, 1.807) is 7.05 Å². The Morgan fingerprint density at radius 1 is 1.28 bits per heavy atom. The van der Waals surface area contributed by atoms with Crippen LogP contribution in [0, 0.1) is 0 Å². The van der Waals surface area contributed by atoms with E-state index < -0.39 is 24.0 Å². The summed E-state index contributed by atoms with van der Waals surface area (Å²) in [4.78, 5) is 24.8. The molecule has 2 N–H and O–H groups in total. The maximum Gasteiger partial charge on any atom is 0.417 e. The van der Waals surface area contributed by atoms with Gasteiger partial charge < -0.3 is 29.6 Å². The number of hydrogen-bond acceptors (Lipinski definition) is 7. The lowest BCUT2D eigenvalue weighted by atomic mass is 10.1. The molecule has 1 heterocycles. The van der Waals surface area contributed by atoms with Crippen LogP contribution in [0.25, 0.3) is 0 Å². The van der Waals surface area contributed by atoms with Crippen LogP contribution >= 0.6 is 0 Å². The molecule has 1 aliphatic rings. The molecule has 2 atom stereocenters. The number of ether oxygens (including phenoxy) is 4. The molecule has 0 aromatic heterocycles. The number of carbonyl (C=O) groups is 2. The smallest absolute Gasteiger partial charge is 0.417 e. The van der Waals surface area contributed by atoms with Gasteiger partial charge in [-0.2, -0.15) is 0 Å². The standard InChI is InChI=1S/C17H22N2O6/c1-10(7-13-5-6-14-15(8-13)23-9-22-14)19(4)17(21)25-12(3)24-16(20)11(2)18/h5-6,8,10-11H,3,7,9,18H2,1-2,4H3. The van der Waals surface area contributed by atoms with Gasteiger partial charge in [0.25, 0.3) is 5.95 Å². The fourth-order valence-electron chi connectivity index (χ4n) is 2.12. The van der Waals surface area contributed by atoms with Crippen LogP contribution in [-0.4, -0.2) is 42.9 Å². The predicted octanol–water partition coefficient (Wildman–Crippen LogP) is 1.78. The molecule has 1 aromatic carbocycles. The minimum absolute atomic E-state index is 0.176. The van der Waals surface area contributed by atoms with E-state index in [2.05, 4.69) is 6.58 Å². The Morgan fingerprint density at radius 2 is 1.96 bits per heavy atom. The van der Waals surface area contributed by atoms with Crippen LogP contribution in [0.4, 0.5) is 4.79 Å². The number of carbonyl (C=O) groups excluding carboxylic acids is 2. The number of rotatable bonds is 6. The number of nitrogens with two attached hydrogens (primary N) is 1. The van der Waals surface area contributed by atoms with Crippen molar-refractivity contribution >= 4 is 12.1 Å². The van der Waals surface area contributed by atoms with Crippen LogP contribution in [0.5, 0.6) is 11.5 Å². The largest absolute Gasteiger partial charge is 0.454 e. The molecular formula is C17H22N2O6. The highest BCUT2D eigenvalue weighted by Gasteiger charge is 2.22. The lowest BCUT2D eigenvalue weighted by Gasteiger charge is -2.24. The van der Waals surface area contributed by atoms with Crippen LogP contribution in [0.2, 0.25) is 0 Å². The Labute approximate surface area is 146 Å². The molecule has 0 saturated heterocycles. The molecule has 0 fully saturated rings. The monoisotopic (exact) mass is 350 g/mol. The number of amides is 1. The van der Waals surface area contributed by atoms with Gasteiger partial charge in [-0.3, -0.25) is 0 Å². The number of hydrogen-bond donors (Lipinski definition) is 1. The number of benzene rings is 1. The summed E-state index contributed by atoms with van der Waals surface area (Å²) < 4.78 is 20.2. The molecule has 1 aromatic rings. The molecule has 136 valence electrons. The van der Waals surface area contributed by atoms with Crippen molar-refractivity contribution in [2.75, 3.05) is 13.8 Å². The molecule has 1 amide bonds. The first kappa shape index (κ1) is 18.6. The highest BCUT2D eigenvalue weighted by molar-refractivity contribution is 5.76. The van der Waals surface area contributed by atoms with E-state index in [4.69, 9.17) is 24.7 Å². The van der Waals surface area contributed by atoms with Crippen molar-refractivity contribution in [2.24, 2.45) is 5.73 Å². The minimum atomic E-state index is -0.835. The van der Waals surface area contributed by atoms with Gasteiger partial charge in [-0.1, -0.05) is 6.07 Å². The van der Waals surface area contributed by atoms with Gasteiger partial charge in [-0.15, -0.1) is 0 Å². The minimum Gasteiger partial charge on any atom is -0.454 e. The lowest BCUT2D eigenvalue weighted by molar-refractivity contribution is -0.144. The first-order valence-corrected chi connectivity index (χ1v) is 7.77. The van der Waals surface area contributed by atoms with Gasteiger partial charge >= 0.3 is 12.1 Å². The average molecular weight is 350 g/mol. The zero-order chi connectivity index (χ0) is 18.6. The summed E-state index contributed by atoms with van der Waals surface area (Å²) in [7, 11) is 1.58. The maximum atomic E-state index is 12.1. The molecule has 0 spiro atoms. The summed E-state index contributed by atoms with van der Waals surface area (Å²) in [6.45, 7) is 6.91. The highest BCUT2D eigenvalue weighted by Crippen LogP contribution is 2.32. The summed E-state index contributed by atoms with van der Waals surface area (Å²) in [5, 5.41) is 0. The van der Waals surface area contributed by atoms with Gasteiger partial charge in [0.1, 0.15) is 6.04 Å². The normalized spacial score (nSPS) is 14.4. The second kappa shape index (κ2) is 7.89. The van der Waals surface area contributed by atoms with Crippen molar-refractivity contribution in [3.63, 3.8) is 0 Å². The first-order valence-electron chi connectivity index (χ1n) is 7.77. The molecule has 0 saturated carbocycles. The van der Waals surface area contributed by atoms with Crippen LogP contribution in [-0.2, 0) is 20.7 Å². The predicted molar refractivity (Wildman–Crippen MR) is 88.9 cm³/mol. The maximum absolute atomic E-state index is 12.1. The Morgan fingerprint density at radius 3 is 2.64 bits per heavy atom. The van der Waals surface area contributed by atoms with Crippen molar-refractivity contribution in [1.82, 2.24) is 4.90 Å². The fraction of sp³-hybridized carbons (Fsp3) is 0.412. The second-order valence-electron chi connectivity index (χ2n) is 5.80. The molecule has 1 aliphatic heterocycles. The van der Waals surface area contributed by atoms with Crippen molar-refractivity contribution in [2.45, 2.75) is 32.4 Å². The van der Waals surface area contributed by atoms with Crippen LogP contribution < -0.4 is 15.2 Å². The molecule has 0 bridgehead atoms. The van der Waals surface area contributed by atoms with Gasteiger partial charge in [0, 0.05) is 13.1 Å². The van der Waals surface area contributed by atoms with E-state index in [0.717, 1.165) is 5.56 Å². The summed E-state index contributed by atoms with van der Waals surface area (Å²) in [5.74, 6) is 0.255. The van der Waals surface area contributed by atoms with Crippen LogP contribution in [0.15, 0.2) is 30.7 Å². The number of nitrogens with zero attached hydrogens (tertiary/aromatic N) is 1. The summed E-state index contributed by atoms with van der Waals surface area (Å²) in [5.41, 5.74) is 6.35. The third kappa shape index (κ3) is 4.87. The number of fused-ring (bicyclic) bond motifs is 1. The molecule has 25 heavy (non-hydrogen) atoms. The third-order valence-electron chi connectivity index (χ3n) is 3.70. The zero-order valence-electron chi connectivity index (χ0n) is 14.5. The Bertz CT molecular complexity index is 673. The quantitative estimate of drug-likeness (QED) is 0.616. The Hall–Kier alpha value is -2.74. The Kier molecular flexibility index (Phi) is 5.87. The summed E-state index contributed by atoms with van der Waals surface area (Å²) in [6, 6.07) is 4.61. The first-order chi connectivity index (χ1) is 11.8. The molecule has 0 radical (unpaired) electrons. The van der Waals surface area contributed by atoms with E-state index in [1.807, 2.05) is 25.1 Å². The summed E-state index contributed by atoms with van der Waals surface area (Å²) >= 11 is 0. The summed E-state index contributed by atoms with van der Waals surface area (Å²) in [6.07, 6.45) is -0.107. The SMILES string of the molecule is C=C(OC(=O)C(C)N)OC(=O)N(C)C(C)Cc1ccc2c(c1)OCO2. The second-order valence-corrected chi connectivity index (χ2v) is 5.80. The molecule has 8 heteroatoms. The molecule has 0 aliphatic carbocycles. The number of likely N-dealkylation sites (N-methyl/N-ethyl adjacent to an activating group) is 1. The van der Waals surface area contributed by atoms with Crippen molar-refractivity contribution in [1.29, 1.82) is 0 Å². The van der Waals surface area contributed by atoms with E-state index in [9.17, 15) is 9.59 Å². The van der Waals surface area contributed by atoms with Gasteiger partial charge in [0.2, 0.25) is 6.79 Å². The topological polar surface area (TPSA) is 100 Å². The van der Waals surface area contributed by atoms with Gasteiger partial charge in [-0.05, 0) is 44.5 Å². The highest BCUT2D eigenvalue weighted by atomic mass is 16.7. The fourth-order valence-corrected chi connectivity index (χ4v) is 2.12. The van der Waals surface area contributed by atoms with Crippen molar-refractivity contribution < 1.29 is 28.5 Å². The van der Waals surface area contributed by atoms with E-state index in [0.29, 0.717) is 17.9 Å². The molecule has 8 nitrogen and oxygen atoms in total. The molecule has 2 rings (SSSR count). The third-order valence-corrected chi connectivity index (χ3v) is 3.70. The van der Waals surface area contributed by atoms with Crippen LogP contribution in [0.1, 0.15) is 19.4 Å². The van der Waals surface area contributed by atoms with Gasteiger partial charge in [-0.25, -0.2) is 9.59 Å².